The fourth-order valence-corrected chi connectivity index (χ4v) is 8.55. The van der Waals surface area contributed by atoms with E-state index < -0.39 is 36.7 Å². The summed E-state index contributed by atoms with van der Waals surface area (Å²) in [6, 6.07) is 0. The molecule has 0 aromatic carbocycles. The van der Waals surface area contributed by atoms with Gasteiger partial charge < -0.3 is 29.9 Å². The van der Waals surface area contributed by atoms with Crippen molar-refractivity contribution in [2.24, 2.45) is 34.5 Å². The maximum Gasteiger partial charge on any atom is 0.335 e. The van der Waals surface area contributed by atoms with Gasteiger partial charge in [0, 0.05) is 12.8 Å². The summed E-state index contributed by atoms with van der Waals surface area (Å²) in [5, 5.41) is 39.9. The van der Waals surface area contributed by atoms with E-state index in [0.717, 1.165) is 51.4 Å². The Kier molecular flexibility index (Phi) is 5.93. The van der Waals surface area contributed by atoms with Crippen molar-refractivity contribution in [2.45, 2.75) is 108 Å². The molecule has 0 unspecified atom stereocenters. The quantitative estimate of drug-likeness (QED) is 0.495. The van der Waals surface area contributed by atoms with E-state index in [0.29, 0.717) is 35.9 Å². The van der Waals surface area contributed by atoms with Gasteiger partial charge in [0.2, 0.25) is 0 Å². The molecule has 4 aliphatic carbocycles. The predicted molar refractivity (Wildman–Crippen MR) is 116 cm³/mol. The highest BCUT2D eigenvalue weighted by Gasteiger charge is 2.61. The lowest BCUT2D eigenvalue weighted by molar-refractivity contribution is -0.313. The van der Waals surface area contributed by atoms with Gasteiger partial charge in [0.05, 0.1) is 6.10 Å². The van der Waals surface area contributed by atoms with E-state index in [1.165, 1.54) is 0 Å². The lowest BCUT2D eigenvalue weighted by Crippen LogP contribution is -2.61. The highest BCUT2D eigenvalue weighted by molar-refractivity contribution is 5.79. The molecule has 1 heterocycles. The monoisotopic (exact) mass is 466 g/mol. The average Bonchev–Trinajstić information content (AvgIpc) is 3.10. The fourth-order valence-electron chi connectivity index (χ4n) is 8.55. The molecule has 33 heavy (non-hydrogen) atoms. The van der Waals surface area contributed by atoms with Crippen LogP contribution in [-0.4, -0.2) is 69.0 Å². The second-order valence-electron chi connectivity index (χ2n) is 11.9. The van der Waals surface area contributed by atoms with Crippen molar-refractivity contribution in [1.29, 1.82) is 0 Å². The van der Waals surface area contributed by atoms with Gasteiger partial charge >= 0.3 is 5.97 Å². The number of aliphatic hydroxyl groups is 3. The summed E-state index contributed by atoms with van der Waals surface area (Å²) in [5.41, 5.74) is 0.117. The highest BCUT2D eigenvalue weighted by Crippen LogP contribution is 2.66. The van der Waals surface area contributed by atoms with Crippen molar-refractivity contribution in [3.05, 3.63) is 0 Å². The molecule has 4 N–H and O–H groups in total. The molecule has 0 aromatic rings. The summed E-state index contributed by atoms with van der Waals surface area (Å²) in [4.78, 5) is 23.6. The number of carbonyl (C=O) groups excluding carboxylic acids is 1. The molecule has 12 atom stereocenters. The molecule has 1 aliphatic heterocycles. The second-order valence-corrected chi connectivity index (χ2v) is 11.9. The lowest BCUT2D eigenvalue weighted by Gasteiger charge is -2.60. The Hall–Kier alpha value is -1.06. The fraction of sp³-hybridized carbons (Fsp3) is 0.920. The molecule has 0 bridgehead atoms. The number of aliphatic hydroxyl groups excluding tert-OH is 3. The normalized spacial score (nSPS) is 54.3. The topological polar surface area (TPSA) is 134 Å². The average molecular weight is 467 g/mol. The lowest BCUT2D eigenvalue weighted by atomic mass is 9.45. The third-order valence-corrected chi connectivity index (χ3v) is 10.5. The number of ether oxygens (including phenoxy) is 2. The number of Topliss-reactive ketones (excluding diaryl/α,β-unsaturated/α-hetero) is 1. The number of rotatable bonds is 3. The molecular formula is C25H38O8. The Morgan fingerprint density at radius 1 is 0.939 bits per heavy atom. The van der Waals surface area contributed by atoms with Gasteiger partial charge in [-0.25, -0.2) is 4.79 Å². The molecule has 186 valence electrons. The second kappa shape index (κ2) is 8.26. The number of hydrogen-bond donors (Lipinski definition) is 4. The molecule has 5 rings (SSSR count). The molecule has 8 heteroatoms. The summed E-state index contributed by atoms with van der Waals surface area (Å²) in [6.45, 7) is 4.66. The maximum absolute atomic E-state index is 12.1. The van der Waals surface area contributed by atoms with Crippen molar-refractivity contribution in [3.8, 4) is 0 Å². The van der Waals surface area contributed by atoms with Gasteiger partial charge in [-0.2, -0.15) is 0 Å². The molecule has 4 saturated carbocycles. The van der Waals surface area contributed by atoms with Crippen LogP contribution < -0.4 is 0 Å². The van der Waals surface area contributed by atoms with Crippen molar-refractivity contribution < 1.29 is 39.5 Å². The van der Waals surface area contributed by atoms with E-state index in [1.54, 1.807) is 0 Å². The Morgan fingerprint density at radius 3 is 2.39 bits per heavy atom. The van der Waals surface area contributed by atoms with E-state index in [1.807, 2.05) is 0 Å². The van der Waals surface area contributed by atoms with Crippen LogP contribution in [0.25, 0.3) is 0 Å². The molecule has 0 aromatic heterocycles. The van der Waals surface area contributed by atoms with Crippen LogP contribution in [0, 0.1) is 34.5 Å². The van der Waals surface area contributed by atoms with E-state index in [9.17, 15) is 30.0 Å². The van der Waals surface area contributed by atoms with E-state index in [4.69, 9.17) is 9.47 Å². The van der Waals surface area contributed by atoms with E-state index in [2.05, 4.69) is 13.8 Å². The minimum Gasteiger partial charge on any atom is -0.479 e. The molecule has 1 saturated heterocycles. The molecule has 0 amide bonds. The largest absolute Gasteiger partial charge is 0.479 e. The first kappa shape index (κ1) is 23.7. The van der Waals surface area contributed by atoms with Crippen LogP contribution in [0.1, 0.15) is 71.6 Å². The molecule has 5 fully saturated rings. The van der Waals surface area contributed by atoms with E-state index in [-0.39, 0.29) is 16.9 Å². The molecule has 0 radical (unpaired) electrons. The zero-order valence-corrected chi connectivity index (χ0v) is 19.6. The van der Waals surface area contributed by atoms with Crippen molar-refractivity contribution in [1.82, 2.24) is 0 Å². The summed E-state index contributed by atoms with van der Waals surface area (Å²) >= 11 is 0. The third-order valence-electron chi connectivity index (χ3n) is 10.5. The van der Waals surface area contributed by atoms with Gasteiger partial charge in [-0.3, -0.25) is 4.79 Å². The predicted octanol–water partition coefficient (Wildman–Crippen LogP) is 1.88. The van der Waals surface area contributed by atoms with Crippen molar-refractivity contribution in [2.75, 3.05) is 0 Å². The Labute approximate surface area is 194 Å². The molecule has 8 nitrogen and oxygen atoms in total. The van der Waals surface area contributed by atoms with Crippen LogP contribution in [0.2, 0.25) is 0 Å². The minimum absolute atomic E-state index is 0.113. The van der Waals surface area contributed by atoms with Crippen LogP contribution in [-0.2, 0) is 19.1 Å². The van der Waals surface area contributed by atoms with Crippen LogP contribution in [0.15, 0.2) is 0 Å². The standard InChI is InChI=1S/C25H38O8/c1-24-9-7-13(26)11-12(24)3-4-14-15-5-6-17(25(15,2)10-8-16(14)24)32-23-20(29)18(27)19(28)21(33-23)22(30)31/h12,14-21,23,27-29H,3-11H2,1-2H3,(H,30,31)/t12-,14-,15-,16-,17-,18-,19-,20+,21-,23+,24-,25-/m0/s1. The number of carboxylic acid groups (broad SMARTS) is 1. The molecule has 5 aliphatic rings. The number of carboxylic acids is 1. The third kappa shape index (κ3) is 3.59. The molecule has 0 spiro atoms. The maximum atomic E-state index is 12.1. The van der Waals surface area contributed by atoms with Crippen molar-refractivity contribution >= 4 is 11.8 Å². The first-order chi connectivity index (χ1) is 15.6. The zero-order valence-electron chi connectivity index (χ0n) is 19.6. The summed E-state index contributed by atoms with van der Waals surface area (Å²) in [6.07, 6.45) is 0.569. The van der Waals surface area contributed by atoms with Gasteiger partial charge in [-0.05, 0) is 79.4 Å². The first-order valence-electron chi connectivity index (χ1n) is 12.7. The summed E-state index contributed by atoms with van der Waals surface area (Å²) in [7, 11) is 0. The summed E-state index contributed by atoms with van der Waals surface area (Å²) < 4.78 is 11.6. The Balaban J connectivity index is 1.32. The number of ketones is 1. The number of aliphatic carboxylic acids is 1. The van der Waals surface area contributed by atoms with Crippen LogP contribution in [0.5, 0.6) is 0 Å². The van der Waals surface area contributed by atoms with Gasteiger partial charge in [0.25, 0.3) is 0 Å². The zero-order chi connectivity index (χ0) is 23.7. The number of fused-ring (bicyclic) bond motifs is 5. The van der Waals surface area contributed by atoms with Crippen LogP contribution in [0.3, 0.4) is 0 Å². The van der Waals surface area contributed by atoms with Gasteiger partial charge in [0.15, 0.2) is 12.4 Å². The van der Waals surface area contributed by atoms with Crippen LogP contribution in [0.4, 0.5) is 0 Å². The first-order valence-corrected chi connectivity index (χ1v) is 12.7. The number of carbonyl (C=O) groups is 2. The minimum atomic E-state index is -1.71. The Bertz CT molecular complexity index is 801. The van der Waals surface area contributed by atoms with E-state index >= 15 is 0 Å². The SMILES string of the molecule is C[C@]12CCC(=O)C[C@@H]1CC[C@@H]1[C@@H]2CC[C@]2(C)[C@@H](O[C@@H]3O[C@H](C(=O)O)[C@@H](O)[C@H](O)[C@H]3O)CC[C@@H]12. The van der Waals surface area contributed by atoms with Crippen molar-refractivity contribution in [3.63, 3.8) is 0 Å². The van der Waals surface area contributed by atoms with Gasteiger partial charge in [-0.1, -0.05) is 13.8 Å². The summed E-state index contributed by atoms with van der Waals surface area (Å²) in [5.74, 6) is 1.21. The van der Waals surface area contributed by atoms with Gasteiger partial charge in [-0.15, -0.1) is 0 Å². The van der Waals surface area contributed by atoms with Gasteiger partial charge in [0.1, 0.15) is 24.1 Å². The highest BCUT2D eigenvalue weighted by atomic mass is 16.7. The smallest absolute Gasteiger partial charge is 0.335 e. The number of hydrogen-bond acceptors (Lipinski definition) is 7. The van der Waals surface area contributed by atoms with Crippen LogP contribution >= 0.6 is 0 Å². The molecular weight excluding hydrogens is 428 g/mol. The Morgan fingerprint density at radius 2 is 1.67 bits per heavy atom.